The normalized spacial score (nSPS) is 23.5. The van der Waals surface area contributed by atoms with Crippen LogP contribution in [-0.4, -0.2) is 56.6 Å². The first kappa shape index (κ1) is 19.5. The first-order valence-corrected chi connectivity index (χ1v) is 10.5. The number of hydrogen-bond acceptors (Lipinski definition) is 8. The van der Waals surface area contributed by atoms with E-state index < -0.39 is 0 Å². The van der Waals surface area contributed by atoms with Crippen molar-refractivity contribution >= 4 is 34.4 Å². The highest BCUT2D eigenvalue weighted by Crippen LogP contribution is 2.41. The summed E-state index contributed by atoms with van der Waals surface area (Å²) < 4.78 is 7.48. The zero-order valence-electron chi connectivity index (χ0n) is 17.0. The van der Waals surface area contributed by atoms with Crippen molar-refractivity contribution in [1.29, 1.82) is 0 Å². The zero-order chi connectivity index (χ0) is 21.0. The van der Waals surface area contributed by atoms with Gasteiger partial charge < -0.3 is 21.1 Å². The fraction of sp³-hybridized carbons (Fsp3) is 0.500. The molecular formula is C20H25ClN8O. The molecule has 0 bridgehead atoms. The van der Waals surface area contributed by atoms with Crippen LogP contribution in [0.15, 0.2) is 18.5 Å². The molecule has 5 rings (SSSR count). The van der Waals surface area contributed by atoms with Crippen LogP contribution in [0.3, 0.4) is 0 Å². The van der Waals surface area contributed by atoms with Crippen molar-refractivity contribution in [3.05, 3.63) is 29.2 Å². The lowest BCUT2D eigenvalue weighted by molar-refractivity contribution is 0.0974. The molecule has 2 fully saturated rings. The molecule has 2 atom stereocenters. The average Bonchev–Trinajstić information content (AvgIpc) is 3.28. The molecule has 0 amide bonds. The van der Waals surface area contributed by atoms with Crippen molar-refractivity contribution < 1.29 is 4.74 Å². The lowest BCUT2D eigenvalue weighted by Crippen LogP contribution is -2.50. The number of nitrogen functional groups attached to an aromatic ring is 1. The topological polar surface area (TPSA) is 121 Å². The molecule has 0 saturated carbocycles. The summed E-state index contributed by atoms with van der Waals surface area (Å²) in [5, 5.41) is 4.93. The van der Waals surface area contributed by atoms with Gasteiger partial charge in [-0.15, -0.1) is 0 Å². The molecule has 2 saturated heterocycles. The number of nitrogens with two attached hydrogens (primary N) is 2. The van der Waals surface area contributed by atoms with E-state index in [0.717, 1.165) is 38.4 Å². The maximum absolute atomic E-state index is 6.44. The van der Waals surface area contributed by atoms with Crippen LogP contribution in [-0.2, 0) is 4.74 Å². The fourth-order valence-corrected chi connectivity index (χ4v) is 4.78. The van der Waals surface area contributed by atoms with Gasteiger partial charge in [-0.1, -0.05) is 11.6 Å². The van der Waals surface area contributed by atoms with Gasteiger partial charge in [0.05, 0.1) is 41.5 Å². The Morgan fingerprint density at radius 2 is 2.00 bits per heavy atom. The molecule has 5 heterocycles. The third kappa shape index (κ3) is 3.00. The Bertz CT molecular complexity index is 1110. The number of fused-ring (bicyclic) bond motifs is 1. The Morgan fingerprint density at radius 1 is 1.23 bits per heavy atom. The SMILES string of the molecule is Cc1nc(N)cc(-n2ncc3nc(N4CCC5(CC4)CO[C@@H](C)[C@H]5N)cnc32)c1Cl. The maximum Gasteiger partial charge on any atom is 0.181 e. The molecule has 1 spiro atoms. The molecule has 158 valence electrons. The zero-order valence-corrected chi connectivity index (χ0v) is 17.8. The monoisotopic (exact) mass is 428 g/mol. The van der Waals surface area contributed by atoms with Gasteiger partial charge in [-0.25, -0.2) is 19.6 Å². The van der Waals surface area contributed by atoms with Crippen LogP contribution in [0.1, 0.15) is 25.5 Å². The molecule has 4 N–H and O–H groups in total. The van der Waals surface area contributed by atoms with E-state index in [1.54, 1.807) is 23.1 Å². The standard InChI is InChI=1S/C20H25ClN8O/c1-11-17(21)14(7-15(22)26-11)29-19-13(8-25-29)27-16(9-24-19)28-5-3-20(4-6-28)10-30-12(2)18(20)23/h7-9,12,18H,3-6,10,23H2,1-2H3,(H2,22,26)/t12-,18+/m0/s1. The summed E-state index contributed by atoms with van der Waals surface area (Å²) in [6.45, 7) is 6.37. The Labute approximate surface area is 179 Å². The summed E-state index contributed by atoms with van der Waals surface area (Å²) in [5.41, 5.74) is 15.0. The van der Waals surface area contributed by atoms with Gasteiger partial charge >= 0.3 is 0 Å². The highest BCUT2D eigenvalue weighted by molar-refractivity contribution is 6.33. The van der Waals surface area contributed by atoms with Gasteiger partial charge in [-0.05, 0) is 26.7 Å². The van der Waals surface area contributed by atoms with E-state index in [0.29, 0.717) is 33.4 Å². The fourth-order valence-electron chi connectivity index (χ4n) is 4.60. The lowest BCUT2D eigenvalue weighted by Gasteiger charge is -2.41. The summed E-state index contributed by atoms with van der Waals surface area (Å²) in [6.07, 6.45) is 5.58. The van der Waals surface area contributed by atoms with E-state index in [2.05, 4.69) is 26.9 Å². The lowest BCUT2D eigenvalue weighted by atomic mass is 9.73. The second-order valence-corrected chi connectivity index (χ2v) is 8.73. The number of pyridine rings is 1. The second kappa shape index (κ2) is 7.04. The third-order valence-corrected chi connectivity index (χ3v) is 7.01. The van der Waals surface area contributed by atoms with Crippen molar-refractivity contribution in [3.8, 4) is 5.69 Å². The van der Waals surface area contributed by atoms with E-state index in [1.165, 1.54) is 0 Å². The smallest absolute Gasteiger partial charge is 0.181 e. The van der Waals surface area contributed by atoms with Gasteiger partial charge in [0.25, 0.3) is 0 Å². The molecule has 3 aromatic rings. The van der Waals surface area contributed by atoms with E-state index in [1.807, 2.05) is 6.92 Å². The van der Waals surface area contributed by atoms with E-state index in [4.69, 9.17) is 32.8 Å². The number of hydrogen-bond donors (Lipinski definition) is 2. The summed E-state index contributed by atoms with van der Waals surface area (Å²) in [6, 6.07) is 1.78. The van der Waals surface area contributed by atoms with Gasteiger partial charge in [0, 0.05) is 30.6 Å². The first-order chi connectivity index (χ1) is 14.4. The van der Waals surface area contributed by atoms with Crippen LogP contribution in [0, 0.1) is 12.3 Å². The highest BCUT2D eigenvalue weighted by Gasteiger charge is 2.47. The Morgan fingerprint density at radius 3 is 2.70 bits per heavy atom. The predicted octanol–water partition coefficient (Wildman–Crippen LogP) is 2.09. The molecule has 9 nitrogen and oxygen atoms in total. The Kier molecular flexibility index (Phi) is 4.57. The van der Waals surface area contributed by atoms with E-state index >= 15 is 0 Å². The van der Waals surface area contributed by atoms with Crippen LogP contribution >= 0.6 is 11.6 Å². The van der Waals surface area contributed by atoms with Crippen LogP contribution in [0.5, 0.6) is 0 Å². The summed E-state index contributed by atoms with van der Waals surface area (Å²) in [7, 11) is 0. The number of ether oxygens (including phenoxy) is 1. The number of halogens is 1. The largest absolute Gasteiger partial charge is 0.384 e. The van der Waals surface area contributed by atoms with Crippen LogP contribution in [0.25, 0.3) is 16.9 Å². The van der Waals surface area contributed by atoms with Crippen molar-refractivity contribution in [2.75, 3.05) is 30.3 Å². The number of anilines is 2. The number of nitrogens with zero attached hydrogens (tertiary/aromatic N) is 6. The van der Waals surface area contributed by atoms with Crippen molar-refractivity contribution in [3.63, 3.8) is 0 Å². The molecule has 0 aliphatic carbocycles. The molecule has 30 heavy (non-hydrogen) atoms. The van der Waals surface area contributed by atoms with Crippen LogP contribution in [0.2, 0.25) is 5.02 Å². The average molecular weight is 429 g/mol. The van der Waals surface area contributed by atoms with Crippen molar-refractivity contribution in [2.24, 2.45) is 11.1 Å². The van der Waals surface area contributed by atoms with Gasteiger partial charge in [-0.3, -0.25) is 0 Å². The minimum Gasteiger partial charge on any atom is -0.384 e. The second-order valence-electron chi connectivity index (χ2n) is 8.35. The summed E-state index contributed by atoms with van der Waals surface area (Å²) in [4.78, 5) is 15.9. The molecule has 10 heteroatoms. The first-order valence-electron chi connectivity index (χ1n) is 10.1. The quantitative estimate of drug-likeness (QED) is 0.636. The predicted molar refractivity (Wildman–Crippen MR) is 116 cm³/mol. The van der Waals surface area contributed by atoms with Gasteiger partial charge in [0.1, 0.15) is 17.2 Å². The van der Waals surface area contributed by atoms with Crippen molar-refractivity contribution in [2.45, 2.75) is 38.8 Å². The van der Waals surface area contributed by atoms with E-state index in [9.17, 15) is 0 Å². The minimum absolute atomic E-state index is 0.0776. The summed E-state index contributed by atoms with van der Waals surface area (Å²) >= 11 is 6.44. The maximum atomic E-state index is 6.44. The number of aryl methyl sites for hydroxylation is 1. The molecular weight excluding hydrogens is 404 g/mol. The minimum atomic E-state index is 0.0776. The number of piperidine rings is 1. The van der Waals surface area contributed by atoms with Crippen LogP contribution in [0.4, 0.5) is 11.6 Å². The van der Waals surface area contributed by atoms with Gasteiger partial charge in [0.15, 0.2) is 5.65 Å². The molecule has 0 radical (unpaired) electrons. The molecule has 0 aromatic carbocycles. The molecule has 3 aromatic heterocycles. The van der Waals surface area contributed by atoms with Gasteiger partial charge in [-0.2, -0.15) is 5.10 Å². The summed E-state index contributed by atoms with van der Waals surface area (Å²) in [5.74, 6) is 1.22. The number of rotatable bonds is 2. The highest BCUT2D eigenvalue weighted by atomic mass is 35.5. The van der Waals surface area contributed by atoms with Gasteiger partial charge in [0.2, 0.25) is 0 Å². The molecule has 2 aliphatic heterocycles. The Hall–Kier alpha value is -2.49. The van der Waals surface area contributed by atoms with Crippen molar-refractivity contribution in [1.82, 2.24) is 24.7 Å². The Balaban J connectivity index is 1.41. The molecule has 0 unspecified atom stereocenters. The molecule has 2 aliphatic rings. The van der Waals surface area contributed by atoms with Crippen LogP contribution < -0.4 is 16.4 Å². The number of aromatic nitrogens is 5. The third-order valence-electron chi connectivity index (χ3n) is 6.54. The van der Waals surface area contributed by atoms with E-state index in [-0.39, 0.29) is 17.6 Å².